The standard InChI is InChI=1S/C33H36N2O3S/c1-37-29-22-26(12-13-27(29)23-35-18-20-38-21-19-35)32(36)31-28-6-2-3-7-30(28)39-33(31)25-10-8-24(9-11-25)14-17-34-15-4-5-16-34/h2-3,6-13,22H,4-5,14-21,23H2,1H3. The Morgan fingerprint density at radius 3 is 2.46 bits per heavy atom. The van der Waals surface area contributed by atoms with Gasteiger partial charge in [0.25, 0.3) is 0 Å². The summed E-state index contributed by atoms with van der Waals surface area (Å²) >= 11 is 1.70. The number of ether oxygens (including phenoxy) is 2. The van der Waals surface area contributed by atoms with Gasteiger partial charge in [-0.15, -0.1) is 11.3 Å². The number of benzene rings is 3. The van der Waals surface area contributed by atoms with Crippen molar-refractivity contribution in [2.24, 2.45) is 0 Å². The second-order valence-electron chi connectivity index (χ2n) is 10.5. The van der Waals surface area contributed by atoms with Crippen LogP contribution in [0.3, 0.4) is 0 Å². The molecule has 0 bridgehead atoms. The lowest BCUT2D eigenvalue weighted by molar-refractivity contribution is 0.0339. The highest BCUT2D eigenvalue weighted by Gasteiger charge is 2.23. The maximum atomic E-state index is 14.1. The molecule has 1 aromatic heterocycles. The number of hydrogen-bond donors (Lipinski definition) is 0. The van der Waals surface area contributed by atoms with Gasteiger partial charge >= 0.3 is 0 Å². The van der Waals surface area contributed by atoms with E-state index in [1.165, 1.54) is 31.5 Å². The largest absolute Gasteiger partial charge is 0.496 e. The zero-order valence-electron chi connectivity index (χ0n) is 22.7. The summed E-state index contributed by atoms with van der Waals surface area (Å²) in [6, 6.07) is 23.0. The van der Waals surface area contributed by atoms with Gasteiger partial charge in [-0.2, -0.15) is 0 Å². The lowest BCUT2D eigenvalue weighted by Crippen LogP contribution is -2.35. The van der Waals surface area contributed by atoms with Crippen LogP contribution in [0.25, 0.3) is 20.5 Å². The third-order valence-electron chi connectivity index (χ3n) is 8.00. The summed E-state index contributed by atoms with van der Waals surface area (Å²) in [5.41, 5.74) is 4.98. The third kappa shape index (κ3) is 5.80. The van der Waals surface area contributed by atoms with Crippen LogP contribution in [0.2, 0.25) is 0 Å². The molecule has 2 fully saturated rings. The Kier molecular flexibility index (Phi) is 8.07. The molecule has 202 valence electrons. The highest BCUT2D eigenvalue weighted by molar-refractivity contribution is 7.22. The minimum Gasteiger partial charge on any atom is -0.496 e. The topological polar surface area (TPSA) is 42.0 Å². The number of thiophene rings is 1. The van der Waals surface area contributed by atoms with Crippen molar-refractivity contribution in [2.75, 3.05) is 53.0 Å². The van der Waals surface area contributed by atoms with Gasteiger partial charge in [0.2, 0.25) is 0 Å². The predicted molar refractivity (Wildman–Crippen MR) is 159 cm³/mol. The molecule has 2 saturated heterocycles. The zero-order valence-corrected chi connectivity index (χ0v) is 23.5. The van der Waals surface area contributed by atoms with Gasteiger partial charge in [0.05, 0.1) is 20.3 Å². The van der Waals surface area contributed by atoms with E-state index < -0.39 is 0 Å². The van der Waals surface area contributed by atoms with Crippen molar-refractivity contribution in [1.82, 2.24) is 9.80 Å². The van der Waals surface area contributed by atoms with E-state index in [9.17, 15) is 4.79 Å². The number of nitrogens with zero attached hydrogens (tertiary/aromatic N) is 2. The van der Waals surface area contributed by atoms with Gasteiger partial charge in [-0.1, -0.05) is 54.6 Å². The Labute approximate surface area is 235 Å². The quantitative estimate of drug-likeness (QED) is 0.234. The van der Waals surface area contributed by atoms with Gasteiger partial charge in [0, 0.05) is 57.8 Å². The Morgan fingerprint density at radius 1 is 0.923 bits per heavy atom. The Balaban J connectivity index is 1.29. The summed E-state index contributed by atoms with van der Waals surface area (Å²) in [6.07, 6.45) is 3.71. The van der Waals surface area contributed by atoms with Crippen molar-refractivity contribution in [2.45, 2.75) is 25.8 Å². The first kappa shape index (κ1) is 26.2. The molecular formula is C33H36N2O3S. The Bertz CT molecular complexity index is 1430. The van der Waals surface area contributed by atoms with Crippen LogP contribution in [0.5, 0.6) is 5.75 Å². The van der Waals surface area contributed by atoms with Gasteiger partial charge in [0.1, 0.15) is 5.75 Å². The van der Waals surface area contributed by atoms with E-state index in [1.807, 2.05) is 30.3 Å². The summed E-state index contributed by atoms with van der Waals surface area (Å²) in [7, 11) is 1.68. The van der Waals surface area contributed by atoms with Crippen LogP contribution in [-0.2, 0) is 17.7 Å². The predicted octanol–water partition coefficient (Wildman–Crippen LogP) is 6.28. The van der Waals surface area contributed by atoms with Crippen LogP contribution in [-0.4, -0.2) is 68.6 Å². The van der Waals surface area contributed by atoms with Crippen LogP contribution in [0.1, 0.15) is 39.9 Å². The molecule has 0 atom stereocenters. The maximum Gasteiger partial charge on any atom is 0.195 e. The molecule has 6 rings (SSSR count). The fourth-order valence-electron chi connectivity index (χ4n) is 5.75. The number of fused-ring (bicyclic) bond motifs is 1. The fraction of sp³-hybridized carbons (Fsp3) is 0.364. The monoisotopic (exact) mass is 540 g/mol. The van der Waals surface area contributed by atoms with E-state index in [4.69, 9.17) is 9.47 Å². The minimum absolute atomic E-state index is 0.0387. The number of morpholine rings is 1. The van der Waals surface area contributed by atoms with Crippen molar-refractivity contribution >= 4 is 27.2 Å². The molecule has 3 heterocycles. The van der Waals surface area contributed by atoms with Gasteiger partial charge in [-0.3, -0.25) is 9.69 Å². The number of carbonyl (C=O) groups is 1. The molecule has 3 aromatic carbocycles. The number of methoxy groups -OCH3 is 1. The molecule has 0 radical (unpaired) electrons. The minimum atomic E-state index is 0.0387. The number of hydrogen-bond acceptors (Lipinski definition) is 6. The van der Waals surface area contributed by atoms with E-state index in [0.717, 1.165) is 83.2 Å². The Morgan fingerprint density at radius 2 is 1.69 bits per heavy atom. The van der Waals surface area contributed by atoms with Crippen LogP contribution in [0.15, 0.2) is 66.7 Å². The molecule has 2 aliphatic heterocycles. The summed E-state index contributed by atoms with van der Waals surface area (Å²) in [5, 5.41) is 1.01. The molecule has 0 N–H and O–H groups in total. The molecule has 0 unspecified atom stereocenters. The number of carbonyl (C=O) groups excluding carboxylic acids is 1. The number of likely N-dealkylation sites (tertiary alicyclic amines) is 1. The lowest BCUT2D eigenvalue weighted by Gasteiger charge is -2.27. The van der Waals surface area contributed by atoms with Gasteiger partial charge < -0.3 is 14.4 Å². The van der Waals surface area contributed by atoms with E-state index in [2.05, 4.69) is 46.2 Å². The Hall–Kier alpha value is -3.03. The second kappa shape index (κ2) is 12.0. The van der Waals surface area contributed by atoms with Crippen molar-refractivity contribution in [1.29, 1.82) is 0 Å². The number of rotatable bonds is 9. The van der Waals surface area contributed by atoms with E-state index >= 15 is 0 Å². The molecule has 39 heavy (non-hydrogen) atoms. The zero-order chi connectivity index (χ0) is 26.6. The molecule has 0 aliphatic carbocycles. The van der Waals surface area contributed by atoms with E-state index in [0.29, 0.717) is 5.56 Å². The van der Waals surface area contributed by atoms with Crippen LogP contribution >= 0.6 is 11.3 Å². The SMILES string of the molecule is COc1cc(C(=O)c2c(-c3ccc(CCN4CCCC4)cc3)sc3ccccc23)ccc1CN1CCOCC1. The van der Waals surface area contributed by atoms with Crippen LogP contribution in [0.4, 0.5) is 0 Å². The molecule has 0 amide bonds. The van der Waals surface area contributed by atoms with Crippen molar-refractivity contribution in [3.05, 3.63) is 89.0 Å². The average molecular weight is 541 g/mol. The summed E-state index contributed by atoms with van der Waals surface area (Å²) in [5.74, 6) is 0.799. The molecule has 4 aromatic rings. The molecular weight excluding hydrogens is 504 g/mol. The maximum absolute atomic E-state index is 14.1. The fourth-order valence-corrected chi connectivity index (χ4v) is 6.96. The van der Waals surface area contributed by atoms with Crippen LogP contribution < -0.4 is 4.74 Å². The first-order chi connectivity index (χ1) is 19.2. The van der Waals surface area contributed by atoms with Gasteiger partial charge in [-0.05, 0) is 55.6 Å². The first-order valence-electron chi connectivity index (χ1n) is 14.0. The molecule has 6 heteroatoms. The summed E-state index contributed by atoms with van der Waals surface area (Å²) in [4.78, 5) is 20.1. The van der Waals surface area contributed by atoms with E-state index in [-0.39, 0.29) is 5.78 Å². The second-order valence-corrected chi connectivity index (χ2v) is 11.6. The first-order valence-corrected chi connectivity index (χ1v) is 14.9. The number of ketones is 1. The average Bonchev–Trinajstić information content (AvgIpc) is 3.65. The molecule has 0 saturated carbocycles. The van der Waals surface area contributed by atoms with Crippen molar-refractivity contribution in [3.8, 4) is 16.2 Å². The van der Waals surface area contributed by atoms with E-state index in [1.54, 1.807) is 18.4 Å². The van der Waals surface area contributed by atoms with Gasteiger partial charge in [0.15, 0.2) is 5.78 Å². The van der Waals surface area contributed by atoms with Crippen molar-refractivity contribution in [3.63, 3.8) is 0 Å². The van der Waals surface area contributed by atoms with Crippen molar-refractivity contribution < 1.29 is 14.3 Å². The summed E-state index contributed by atoms with van der Waals surface area (Å²) < 4.78 is 12.4. The van der Waals surface area contributed by atoms with Crippen LogP contribution in [0, 0.1) is 0 Å². The lowest BCUT2D eigenvalue weighted by atomic mass is 9.96. The summed E-state index contributed by atoms with van der Waals surface area (Å²) in [6.45, 7) is 7.69. The third-order valence-corrected chi connectivity index (χ3v) is 9.22. The molecule has 2 aliphatic rings. The van der Waals surface area contributed by atoms with Gasteiger partial charge in [-0.25, -0.2) is 0 Å². The normalized spacial score (nSPS) is 16.6. The highest BCUT2D eigenvalue weighted by Crippen LogP contribution is 2.40. The molecule has 0 spiro atoms. The molecule has 5 nitrogen and oxygen atoms in total. The smallest absolute Gasteiger partial charge is 0.195 e. The highest BCUT2D eigenvalue weighted by atomic mass is 32.1.